The Balaban J connectivity index is 0.00000533. The van der Waals surface area contributed by atoms with E-state index in [0.29, 0.717) is 12.8 Å². The van der Waals surface area contributed by atoms with Gasteiger partial charge in [-0.25, -0.2) is 8.42 Å². The summed E-state index contributed by atoms with van der Waals surface area (Å²) in [5.41, 5.74) is 0.683. The molecule has 0 radical (unpaired) electrons. The molecule has 0 aliphatic carbocycles. The van der Waals surface area contributed by atoms with Crippen LogP contribution in [0.25, 0.3) is 0 Å². The molecule has 1 amide bonds. The molecule has 1 aliphatic heterocycles. The molecule has 3 unspecified atom stereocenters. The number of nitrogens with one attached hydrogen (secondary N) is 1. The van der Waals surface area contributed by atoms with Crippen molar-refractivity contribution in [3.63, 3.8) is 0 Å². The molecule has 210 valence electrons. The first-order valence-electron chi connectivity index (χ1n) is 12.8. The average molecular weight is 602 g/mol. The second kappa shape index (κ2) is 13.7. The monoisotopic (exact) mass is 601 g/mol. The number of carbonyl (C=O) groups excluding carboxylic acids is 1. The van der Waals surface area contributed by atoms with Crippen LogP contribution in [0.15, 0.2) is 58.3 Å². The van der Waals surface area contributed by atoms with Gasteiger partial charge < -0.3 is 20.1 Å². The Kier molecular flexibility index (Phi) is 12.2. The van der Waals surface area contributed by atoms with Crippen molar-refractivity contribution >= 4 is 26.8 Å². The largest absolute Gasteiger partial charge is 1.00 e. The van der Waals surface area contributed by atoms with Crippen molar-refractivity contribution in [2.75, 3.05) is 5.75 Å². The number of hydrogen-bond donors (Lipinski definition) is 1. The minimum atomic E-state index is -3.83. The zero-order valence-electron chi connectivity index (χ0n) is 23.9. The van der Waals surface area contributed by atoms with Gasteiger partial charge in [0, 0.05) is 22.0 Å². The molecule has 1 heterocycles. The second-order valence-electron chi connectivity index (χ2n) is 11.8. The third kappa shape index (κ3) is 9.00. The first kappa shape index (κ1) is 34.7. The van der Waals surface area contributed by atoms with E-state index in [4.69, 9.17) is 0 Å². The third-order valence-electron chi connectivity index (χ3n) is 7.43. The number of rotatable bonds is 9. The van der Waals surface area contributed by atoms with Gasteiger partial charge in [0.2, 0.25) is 5.91 Å². The fraction of sp³-hybridized carbons (Fsp3) is 0.536. The Morgan fingerprint density at radius 2 is 1.41 bits per heavy atom. The zero-order chi connectivity index (χ0) is 28.5. The van der Waals surface area contributed by atoms with Gasteiger partial charge in [-0.15, -0.1) is 0 Å². The van der Waals surface area contributed by atoms with Gasteiger partial charge in [0.05, 0.1) is 4.90 Å². The van der Waals surface area contributed by atoms with E-state index in [0.717, 1.165) is 22.6 Å². The number of hydrogen-bond acceptors (Lipinski definition) is 7. The van der Waals surface area contributed by atoms with E-state index in [1.54, 1.807) is 36.4 Å². The molecule has 2 aromatic carbocycles. The molecule has 3 rings (SSSR count). The molecule has 1 fully saturated rings. The fourth-order valence-corrected chi connectivity index (χ4v) is 7.11. The second-order valence-corrected chi connectivity index (χ2v) is 14.7. The van der Waals surface area contributed by atoms with Crippen LogP contribution < -0.4 is 56.7 Å². The van der Waals surface area contributed by atoms with E-state index in [9.17, 15) is 27.2 Å². The minimum Gasteiger partial charge on any atom is -0.784 e. The molecule has 39 heavy (non-hydrogen) atoms. The summed E-state index contributed by atoms with van der Waals surface area (Å²) >= 11 is -2.25. The van der Waals surface area contributed by atoms with Crippen LogP contribution in [-0.2, 0) is 25.7 Å². The Morgan fingerprint density at radius 3 is 1.85 bits per heavy atom. The van der Waals surface area contributed by atoms with Crippen molar-refractivity contribution in [3.05, 3.63) is 64.9 Å². The molecule has 0 spiro atoms. The Hall–Kier alpha value is -0.474. The maximum Gasteiger partial charge on any atom is 1.00 e. The van der Waals surface area contributed by atoms with E-state index >= 15 is 0 Å². The van der Waals surface area contributed by atoms with E-state index in [-0.39, 0.29) is 79.1 Å². The summed E-state index contributed by atoms with van der Waals surface area (Å²) < 4.78 is 48.0. The summed E-state index contributed by atoms with van der Waals surface area (Å²) in [6.07, 6.45) is 1.68. The predicted octanol–water partition coefficient (Wildman–Crippen LogP) is 1.64. The predicted molar refractivity (Wildman–Crippen MR) is 148 cm³/mol. The number of nitrogens with zero attached hydrogens (tertiary/aromatic N) is 1. The molecule has 2 aromatic rings. The molecular formula is C28H38KN2O6S2-. The summed E-state index contributed by atoms with van der Waals surface area (Å²) in [5, 5.41) is 16.4. The fourth-order valence-electron chi connectivity index (χ4n) is 5.60. The first-order valence-corrected chi connectivity index (χ1v) is 15.5. The van der Waals surface area contributed by atoms with Crippen molar-refractivity contribution in [3.8, 4) is 0 Å². The maximum absolute atomic E-state index is 12.9. The van der Waals surface area contributed by atoms with E-state index in [2.05, 4.69) is 19.2 Å². The number of benzene rings is 2. The van der Waals surface area contributed by atoms with Crippen molar-refractivity contribution in [1.82, 2.24) is 10.4 Å². The van der Waals surface area contributed by atoms with Crippen LogP contribution in [0.4, 0.5) is 0 Å². The van der Waals surface area contributed by atoms with Crippen molar-refractivity contribution in [1.29, 1.82) is 0 Å². The van der Waals surface area contributed by atoms with Crippen LogP contribution >= 0.6 is 0 Å². The van der Waals surface area contributed by atoms with Crippen molar-refractivity contribution in [2.45, 2.75) is 99.6 Å². The molecule has 1 N–H and O–H groups in total. The third-order valence-corrected chi connectivity index (χ3v) is 9.72. The van der Waals surface area contributed by atoms with Gasteiger partial charge in [0.25, 0.3) is 0 Å². The molecule has 3 atom stereocenters. The summed E-state index contributed by atoms with van der Waals surface area (Å²) in [7, 11) is -3.83. The standard InChI is InChI=1S/C28H39N2O6S2.K/c1-19(21-7-11-24(12-8-21)37(33)34)15-20(2)22-9-13-25(14-10-22)38(35,36)18-26(31)29-23-16-27(3,4)30(32)28(5,6)17-23;/h7-14,19-20,23H,15-18H2,1-6H3,(H,29,31)(H,33,34);/q-1;+1/p-1. The molecule has 0 aromatic heterocycles. The van der Waals surface area contributed by atoms with Crippen LogP contribution in [0.2, 0.25) is 0 Å². The summed E-state index contributed by atoms with van der Waals surface area (Å²) in [6, 6.07) is 13.2. The molecule has 1 aliphatic rings. The molecule has 11 heteroatoms. The van der Waals surface area contributed by atoms with Gasteiger partial charge >= 0.3 is 51.4 Å². The quantitative estimate of drug-likeness (QED) is 0.342. The minimum absolute atomic E-state index is 0. The van der Waals surface area contributed by atoms with Crippen LogP contribution in [-0.4, -0.2) is 51.0 Å². The maximum atomic E-state index is 12.9. The van der Waals surface area contributed by atoms with Gasteiger partial charge in [0.15, 0.2) is 9.84 Å². The van der Waals surface area contributed by atoms with Crippen LogP contribution in [0.5, 0.6) is 0 Å². The SMILES string of the molecule is CC(CC(C)c1ccc(S(=O)(=O)CC(=O)NC2CC(C)(C)N([O-])C(C)(C)C2)cc1)c1ccc(S(=O)[O-])cc1.[K+]. The van der Waals surface area contributed by atoms with E-state index in [1.807, 2.05) is 39.8 Å². The molecule has 8 nitrogen and oxygen atoms in total. The number of sulfone groups is 1. The normalized spacial score (nSPS) is 19.9. The number of piperidine rings is 1. The molecule has 0 bridgehead atoms. The topological polar surface area (TPSA) is 130 Å². The smallest absolute Gasteiger partial charge is 0.784 e. The molecule has 0 saturated carbocycles. The first-order chi connectivity index (χ1) is 17.5. The van der Waals surface area contributed by atoms with Crippen LogP contribution in [0, 0.1) is 5.21 Å². The van der Waals surface area contributed by atoms with Gasteiger partial charge in [-0.05, 0) is 105 Å². The van der Waals surface area contributed by atoms with E-state index < -0.39 is 43.7 Å². The Bertz CT molecular complexity index is 1250. The number of carbonyl (C=O) groups is 1. The number of hydroxylamine groups is 2. The Labute approximate surface area is 277 Å². The van der Waals surface area contributed by atoms with Crippen molar-refractivity contribution < 1.29 is 73.4 Å². The van der Waals surface area contributed by atoms with Gasteiger partial charge in [-0.2, -0.15) is 0 Å². The average Bonchev–Trinajstić information content (AvgIpc) is 2.81. The summed E-state index contributed by atoms with van der Waals surface area (Å²) in [5.74, 6) is -0.910. The van der Waals surface area contributed by atoms with E-state index in [1.165, 1.54) is 0 Å². The van der Waals surface area contributed by atoms with Crippen LogP contribution in [0.3, 0.4) is 0 Å². The van der Waals surface area contributed by atoms with Gasteiger partial charge in [-0.3, -0.25) is 9.00 Å². The molecule has 1 saturated heterocycles. The zero-order valence-corrected chi connectivity index (χ0v) is 28.6. The molecular weight excluding hydrogens is 564 g/mol. The van der Waals surface area contributed by atoms with Crippen LogP contribution in [0.1, 0.15) is 83.8 Å². The number of amides is 1. The van der Waals surface area contributed by atoms with Crippen molar-refractivity contribution in [2.24, 2.45) is 0 Å². The Morgan fingerprint density at radius 1 is 0.974 bits per heavy atom. The van der Waals surface area contributed by atoms with Gasteiger partial charge in [0.1, 0.15) is 5.75 Å². The summed E-state index contributed by atoms with van der Waals surface area (Å²) in [4.78, 5) is 13.0. The van der Waals surface area contributed by atoms with Gasteiger partial charge in [-0.1, -0.05) is 38.1 Å². The summed E-state index contributed by atoms with van der Waals surface area (Å²) in [6.45, 7) is 11.4.